The minimum atomic E-state index is -0.579. The molecule has 266 valence electrons. The average molecular weight is 688 g/mol. The highest BCUT2D eigenvalue weighted by atomic mass is 16.3. The molecule has 0 spiro atoms. The number of carbonyl (C=O) groups is 3. The fourth-order valence-corrected chi connectivity index (χ4v) is 9.87. The number of carbonyl (C=O) groups excluding carboxylic acids is 3. The van der Waals surface area contributed by atoms with E-state index in [1.807, 2.05) is 24.3 Å². The van der Waals surface area contributed by atoms with Crippen LogP contribution in [0.15, 0.2) is 60.7 Å². The SMILES string of the molecule is O=C1CC[C@H](N2Cc3cc(N4CCN(CC5CCN(c6ccc([C@@H]7c8ccc(O)cc8CC[C@@H]7C7CC7)cc6)CC5)CC4)ccc3C2=O)C(=O)N1. The number of rotatable bonds is 7. The monoisotopic (exact) mass is 687 g/mol. The Morgan fingerprint density at radius 3 is 2.20 bits per heavy atom. The van der Waals surface area contributed by atoms with Crippen molar-refractivity contribution < 1.29 is 19.5 Å². The number of piperidine rings is 2. The zero-order chi connectivity index (χ0) is 34.6. The number of amides is 3. The third-order valence-corrected chi connectivity index (χ3v) is 12.9. The van der Waals surface area contributed by atoms with Crippen molar-refractivity contribution in [3.05, 3.63) is 88.5 Å². The summed E-state index contributed by atoms with van der Waals surface area (Å²) in [5.41, 5.74) is 8.29. The lowest BCUT2D eigenvalue weighted by Crippen LogP contribution is -2.52. The maximum absolute atomic E-state index is 13.1. The number of nitrogens with zero attached hydrogens (tertiary/aromatic N) is 4. The fraction of sp³-hybridized carbons (Fsp3) is 0.500. The molecular weight excluding hydrogens is 638 g/mol. The summed E-state index contributed by atoms with van der Waals surface area (Å²) in [7, 11) is 0. The number of aryl methyl sites for hydroxylation is 1. The summed E-state index contributed by atoms with van der Waals surface area (Å²) in [6, 6.07) is 21.0. The molecule has 2 N–H and O–H groups in total. The van der Waals surface area contributed by atoms with Gasteiger partial charge in [0.2, 0.25) is 11.8 Å². The third-order valence-electron chi connectivity index (χ3n) is 12.9. The lowest BCUT2D eigenvalue weighted by molar-refractivity contribution is -0.136. The normalized spacial score (nSPS) is 25.9. The molecule has 3 aromatic rings. The van der Waals surface area contributed by atoms with E-state index in [-0.39, 0.29) is 24.1 Å². The lowest BCUT2D eigenvalue weighted by atomic mass is 9.70. The van der Waals surface area contributed by atoms with Crippen molar-refractivity contribution in [2.45, 2.75) is 69.9 Å². The number of anilines is 2. The van der Waals surface area contributed by atoms with E-state index in [1.165, 1.54) is 54.5 Å². The Balaban J connectivity index is 0.765. The van der Waals surface area contributed by atoms with Gasteiger partial charge in [0.25, 0.3) is 5.91 Å². The molecule has 0 bridgehead atoms. The van der Waals surface area contributed by atoms with Crippen molar-refractivity contribution in [2.75, 3.05) is 55.6 Å². The van der Waals surface area contributed by atoms with Gasteiger partial charge in [0.05, 0.1) is 0 Å². The van der Waals surface area contributed by atoms with Crippen LogP contribution in [-0.4, -0.2) is 84.5 Å². The lowest BCUT2D eigenvalue weighted by Gasteiger charge is -2.40. The molecule has 4 heterocycles. The first-order valence-corrected chi connectivity index (χ1v) is 19.3. The molecule has 3 aromatic carbocycles. The van der Waals surface area contributed by atoms with Crippen molar-refractivity contribution in [3.63, 3.8) is 0 Å². The van der Waals surface area contributed by atoms with Gasteiger partial charge in [0, 0.05) is 81.6 Å². The second-order valence-electron chi connectivity index (χ2n) is 16.0. The Morgan fingerprint density at radius 1 is 0.706 bits per heavy atom. The zero-order valence-electron chi connectivity index (χ0n) is 29.4. The number of nitrogens with one attached hydrogen (secondary N) is 1. The largest absolute Gasteiger partial charge is 0.508 e. The number of piperazine rings is 1. The van der Waals surface area contributed by atoms with Crippen molar-refractivity contribution in [2.24, 2.45) is 17.8 Å². The number of hydrogen-bond donors (Lipinski definition) is 2. The highest BCUT2D eigenvalue weighted by Gasteiger charge is 2.41. The summed E-state index contributed by atoms with van der Waals surface area (Å²) in [6.45, 7) is 7.76. The van der Waals surface area contributed by atoms with Gasteiger partial charge in [0.1, 0.15) is 11.8 Å². The van der Waals surface area contributed by atoms with Crippen molar-refractivity contribution in [3.8, 4) is 5.75 Å². The van der Waals surface area contributed by atoms with E-state index in [9.17, 15) is 19.5 Å². The summed E-state index contributed by atoms with van der Waals surface area (Å²) in [5, 5.41) is 12.5. The molecule has 0 aromatic heterocycles. The Kier molecular flexibility index (Phi) is 8.49. The molecule has 3 saturated heterocycles. The van der Waals surface area contributed by atoms with E-state index < -0.39 is 6.04 Å². The van der Waals surface area contributed by atoms with E-state index in [0.29, 0.717) is 42.0 Å². The molecule has 0 unspecified atom stereocenters. The van der Waals surface area contributed by atoms with E-state index >= 15 is 0 Å². The van der Waals surface area contributed by atoms with Crippen LogP contribution in [0.3, 0.4) is 0 Å². The van der Waals surface area contributed by atoms with Crippen LogP contribution < -0.4 is 15.1 Å². The second-order valence-corrected chi connectivity index (χ2v) is 16.0. The smallest absolute Gasteiger partial charge is 0.255 e. The molecule has 51 heavy (non-hydrogen) atoms. The van der Waals surface area contributed by atoms with E-state index in [0.717, 1.165) is 69.4 Å². The molecule has 4 aliphatic heterocycles. The molecule has 0 radical (unpaired) electrons. The van der Waals surface area contributed by atoms with Crippen LogP contribution in [-0.2, 0) is 22.6 Å². The number of aromatic hydroxyl groups is 1. The van der Waals surface area contributed by atoms with Crippen LogP contribution in [0.1, 0.15) is 83.5 Å². The number of phenols is 1. The summed E-state index contributed by atoms with van der Waals surface area (Å²) in [4.78, 5) is 46.4. The van der Waals surface area contributed by atoms with Gasteiger partial charge in [-0.15, -0.1) is 0 Å². The van der Waals surface area contributed by atoms with Crippen molar-refractivity contribution in [1.29, 1.82) is 0 Å². The maximum atomic E-state index is 13.1. The molecule has 4 fully saturated rings. The highest BCUT2D eigenvalue weighted by molar-refractivity contribution is 6.05. The molecule has 3 amide bonds. The van der Waals surface area contributed by atoms with Gasteiger partial charge in [-0.1, -0.05) is 18.2 Å². The first-order chi connectivity index (χ1) is 24.9. The summed E-state index contributed by atoms with van der Waals surface area (Å²) in [5.74, 6) is 2.35. The summed E-state index contributed by atoms with van der Waals surface area (Å²) in [6.07, 6.45) is 8.12. The Bertz CT molecular complexity index is 1820. The van der Waals surface area contributed by atoms with Gasteiger partial charge in [0.15, 0.2) is 0 Å². The van der Waals surface area contributed by atoms with Gasteiger partial charge < -0.3 is 19.8 Å². The zero-order valence-corrected chi connectivity index (χ0v) is 29.4. The van der Waals surface area contributed by atoms with Gasteiger partial charge in [-0.3, -0.25) is 24.6 Å². The van der Waals surface area contributed by atoms with Crippen LogP contribution in [0.25, 0.3) is 0 Å². The van der Waals surface area contributed by atoms with Crippen LogP contribution >= 0.6 is 0 Å². The standard InChI is InChI=1S/C42H49N5O4/c48-34-9-12-36-30(24-34)5-10-35(28-1-2-28)40(36)29-3-6-32(7-4-29)45-17-15-27(16-18-45)25-44-19-21-46(22-20-44)33-8-11-37-31(23-33)26-47(42(37)51)38-13-14-39(49)43-41(38)50/h3-4,6-9,11-12,23-24,27-28,35,38,40,48H,1-2,5,10,13-22,25-26H2,(H,43,49,50)/t35-,38+,40+/m1/s1. The molecule has 9 heteroatoms. The molecular formula is C42H49N5O4. The topological polar surface area (TPSA) is 96.4 Å². The number of imide groups is 1. The van der Waals surface area contributed by atoms with Crippen LogP contribution in [0, 0.1) is 17.8 Å². The van der Waals surface area contributed by atoms with Crippen molar-refractivity contribution >= 4 is 29.1 Å². The first-order valence-electron chi connectivity index (χ1n) is 19.3. The Labute approximate surface area is 300 Å². The molecule has 6 aliphatic rings. The average Bonchev–Trinajstić information content (AvgIpc) is 3.95. The van der Waals surface area contributed by atoms with Gasteiger partial charge in [-0.2, -0.15) is 0 Å². The predicted octanol–water partition coefficient (Wildman–Crippen LogP) is 5.30. The minimum Gasteiger partial charge on any atom is -0.508 e. The third kappa shape index (κ3) is 6.39. The Morgan fingerprint density at radius 2 is 1.45 bits per heavy atom. The van der Waals surface area contributed by atoms with Crippen LogP contribution in [0.2, 0.25) is 0 Å². The van der Waals surface area contributed by atoms with Gasteiger partial charge >= 0.3 is 0 Å². The number of hydrogen-bond acceptors (Lipinski definition) is 7. The van der Waals surface area contributed by atoms with E-state index in [2.05, 4.69) is 56.4 Å². The van der Waals surface area contributed by atoms with Gasteiger partial charge in [-0.25, -0.2) is 0 Å². The quantitative estimate of drug-likeness (QED) is 0.326. The first kappa shape index (κ1) is 32.5. The second kappa shape index (κ2) is 13.3. The number of phenolic OH excluding ortho intramolecular Hbond substituents is 1. The van der Waals surface area contributed by atoms with Crippen molar-refractivity contribution in [1.82, 2.24) is 15.1 Å². The summed E-state index contributed by atoms with van der Waals surface area (Å²) >= 11 is 0. The summed E-state index contributed by atoms with van der Waals surface area (Å²) < 4.78 is 0. The number of benzene rings is 3. The minimum absolute atomic E-state index is 0.117. The van der Waals surface area contributed by atoms with E-state index in [1.54, 1.807) is 4.90 Å². The molecule has 9 rings (SSSR count). The number of fused-ring (bicyclic) bond motifs is 2. The fourth-order valence-electron chi connectivity index (χ4n) is 9.87. The molecule has 1 saturated carbocycles. The maximum Gasteiger partial charge on any atom is 0.255 e. The predicted molar refractivity (Wildman–Crippen MR) is 197 cm³/mol. The molecule has 3 atom stereocenters. The van der Waals surface area contributed by atoms with Crippen LogP contribution in [0.5, 0.6) is 5.75 Å². The van der Waals surface area contributed by atoms with Crippen LogP contribution in [0.4, 0.5) is 11.4 Å². The molecule has 2 aliphatic carbocycles. The molecule has 9 nitrogen and oxygen atoms in total. The van der Waals surface area contributed by atoms with Gasteiger partial charge in [-0.05, 0) is 127 Å². The Hall–Kier alpha value is -4.37. The highest BCUT2D eigenvalue weighted by Crippen LogP contribution is 2.52. The van der Waals surface area contributed by atoms with E-state index in [4.69, 9.17) is 0 Å².